The van der Waals surface area contributed by atoms with Gasteiger partial charge in [-0.25, -0.2) is 0 Å². The number of thioether (sulfide) groups is 1. The van der Waals surface area contributed by atoms with E-state index in [-0.39, 0.29) is 11.9 Å². The van der Waals surface area contributed by atoms with Gasteiger partial charge < -0.3 is 8.83 Å². The van der Waals surface area contributed by atoms with Gasteiger partial charge >= 0.3 is 6.01 Å². The van der Waals surface area contributed by atoms with Crippen LogP contribution in [0, 0.1) is 13.8 Å². The summed E-state index contributed by atoms with van der Waals surface area (Å²) in [5.41, 5.74) is 1.26. The molecule has 0 saturated heterocycles. The Balaban J connectivity index is 1.72. The molecule has 7 heteroatoms. The zero-order valence-corrected chi connectivity index (χ0v) is 14.4. The highest BCUT2D eigenvalue weighted by Gasteiger charge is 2.16. The van der Waals surface area contributed by atoms with Crippen molar-refractivity contribution in [2.24, 2.45) is 0 Å². The topological polar surface area (TPSA) is 81.2 Å². The summed E-state index contributed by atoms with van der Waals surface area (Å²) in [5, 5.41) is 10.4. The third-order valence-electron chi connectivity index (χ3n) is 3.34. The van der Waals surface area contributed by atoms with E-state index in [2.05, 4.69) is 22.4 Å². The summed E-state index contributed by atoms with van der Waals surface area (Å²) in [7, 11) is 0. The van der Waals surface area contributed by atoms with E-state index in [1.165, 1.54) is 0 Å². The van der Waals surface area contributed by atoms with Crippen molar-refractivity contribution in [2.75, 3.05) is 11.1 Å². The number of benzene rings is 1. The zero-order valence-electron chi connectivity index (χ0n) is 13.6. The highest BCUT2D eigenvalue weighted by molar-refractivity contribution is 7.99. The van der Waals surface area contributed by atoms with Gasteiger partial charge in [0.05, 0.1) is 5.56 Å². The van der Waals surface area contributed by atoms with Crippen LogP contribution in [0.1, 0.15) is 28.8 Å². The second-order valence-corrected chi connectivity index (χ2v) is 6.49. The summed E-state index contributed by atoms with van der Waals surface area (Å²) in [4.78, 5) is 13.4. The predicted octanol–water partition coefficient (Wildman–Crippen LogP) is 4.31. The first-order chi connectivity index (χ1) is 11.6. The Labute approximate surface area is 143 Å². The Bertz CT molecular complexity index is 852. The summed E-state index contributed by atoms with van der Waals surface area (Å²) in [6, 6.07) is 9.25. The van der Waals surface area contributed by atoms with Crippen LogP contribution in [0.3, 0.4) is 0 Å². The Kier molecular flexibility index (Phi) is 4.71. The molecule has 0 bridgehead atoms. The maximum Gasteiger partial charge on any atom is 0.322 e. The third kappa shape index (κ3) is 3.51. The van der Waals surface area contributed by atoms with Gasteiger partial charge in [0.25, 0.3) is 11.8 Å². The molecule has 2 heterocycles. The molecule has 0 aliphatic rings. The first kappa shape index (κ1) is 16.3. The lowest BCUT2D eigenvalue weighted by Gasteiger charge is -2.02. The van der Waals surface area contributed by atoms with Crippen molar-refractivity contribution in [3.05, 3.63) is 47.4 Å². The summed E-state index contributed by atoms with van der Waals surface area (Å²) < 4.78 is 10.9. The lowest BCUT2D eigenvalue weighted by Crippen LogP contribution is -2.11. The lowest BCUT2D eigenvalue weighted by atomic mass is 10.2. The number of amides is 1. The van der Waals surface area contributed by atoms with Gasteiger partial charge in [-0.3, -0.25) is 10.1 Å². The number of hydrogen-bond donors (Lipinski definition) is 1. The number of hydrogen-bond acceptors (Lipinski definition) is 6. The summed E-state index contributed by atoms with van der Waals surface area (Å²) in [6.07, 6.45) is 0. The molecular weight excluding hydrogens is 326 g/mol. The number of aryl methyl sites for hydroxylation is 2. The first-order valence-electron chi connectivity index (χ1n) is 7.52. The van der Waals surface area contributed by atoms with Crippen LogP contribution in [0.4, 0.5) is 6.01 Å². The lowest BCUT2D eigenvalue weighted by molar-refractivity contribution is 0.102. The maximum absolute atomic E-state index is 12.2. The standard InChI is InChI=1S/C17H17N3O3S/c1-4-24-13-7-5-12(6-8-13)15(21)18-17-20-19-16(23-17)14-9-10(2)22-11(14)3/h5-9H,4H2,1-3H3,(H,18,20,21). The van der Waals surface area contributed by atoms with Crippen LogP contribution >= 0.6 is 11.8 Å². The first-order valence-corrected chi connectivity index (χ1v) is 8.50. The van der Waals surface area contributed by atoms with Crippen LogP contribution in [0.5, 0.6) is 0 Å². The Morgan fingerprint density at radius 1 is 1.17 bits per heavy atom. The van der Waals surface area contributed by atoms with Crippen molar-refractivity contribution < 1.29 is 13.6 Å². The molecule has 2 aromatic heterocycles. The van der Waals surface area contributed by atoms with Gasteiger partial charge in [0.1, 0.15) is 11.5 Å². The monoisotopic (exact) mass is 343 g/mol. The van der Waals surface area contributed by atoms with Crippen LogP contribution in [-0.2, 0) is 0 Å². The van der Waals surface area contributed by atoms with E-state index in [0.29, 0.717) is 17.2 Å². The van der Waals surface area contributed by atoms with E-state index in [1.807, 2.05) is 32.0 Å². The number of anilines is 1. The van der Waals surface area contributed by atoms with Gasteiger partial charge in [0, 0.05) is 10.5 Å². The minimum absolute atomic E-state index is 0.0558. The SMILES string of the molecule is CCSc1ccc(C(=O)Nc2nnc(-c3cc(C)oc3C)o2)cc1. The van der Waals surface area contributed by atoms with E-state index in [1.54, 1.807) is 23.9 Å². The molecule has 124 valence electrons. The molecule has 0 aliphatic heterocycles. The number of aromatic nitrogens is 2. The molecular formula is C17H17N3O3S. The van der Waals surface area contributed by atoms with Crippen molar-refractivity contribution in [2.45, 2.75) is 25.7 Å². The smallest absolute Gasteiger partial charge is 0.322 e. The highest BCUT2D eigenvalue weighted by atomic mass is 32.2. The summed E-state index contributed by atoms with van der Waals surface area (Å²) in [5.74, 6) is 2.46. The fraction of sp³-hybridized carbons (Fsp3) is 0.235. The molecule has 0 fully saturated rings. The van der Waals surface area contributed by atoms with E-state index < -0.39 is 0 Å². The number of nitrogens with one attached hydrogen (secondary N) is 1. The zero-order chi connectivity index (χ0) is 17.1. The second kappa shape index (κ2) is 6.92. The Morgan fingerprint density at radius 3 is 2.54 bits per heavy atom. The quantitative estimate of drug-likeness (QED) is 0.695. The molecule has 1 N–H and O–H groups in total. The highest BCUT2D eigenvalue weighted by Crippen LogP contribution is 2.26. The average molecular weight is 343 g/mol. The largest absolute Gasteiger partial charge is 0.466 e. The second-order valence-electron chi connectivity index (χ2n) is 5.15. The molecule has 24 heavy (non-hydrogen) atoms. The van der Waals surface area contributed by atoms with Crippen molar-refractivity contribution >= 4 is 23.7 Å². The van der Waals surface area contributed by atoms with Crippen molar-refractivity contribution in [3.63, 3.8) is 0 Å². The summed E-state index contributed by atoms with van der Waals surface area (Å²) >= 11 is 1.72. The number of carbonyl (C=O) groups is 1. The molecule has 6 nitrogen and oxygen atoms in total. The molecule has 3 aromatic rings. The van der Waals surface area contributed by atoms with Gasteiger partial charge in [0.15, 0.2) is 0 Å². The molecule has 3 rings (SSSR count). The van der Waals surface area contributed by atoms with Crippen LogP contribution < -0.4 is 5.32 Å². The van der Waals surface area contributed by atoms with Crippen LogP contribution in [0.25, 0.3) is 11.5 Å². The van der Waals surface area contributed by atoms with Crippen molar-refractivity contribution in [1.29, 1.82) is 0 Å². The number of carbonyl (C=O) groups excluding carboxylic acids is 1. The normalized spacial score (nSPS) is 10.8. The van der Waals surface area contributed by atoms with Gasteiger partial charge in [-0.05, 0) is 49.9 Å². The molecule has 0 saturated carbocycles. The number of nitrogens with zero attached hydrogens (tertiary/aromatic N) is 2. The van der Waals surface area contributed by atoms with Crippen LogP contribution in [0.15, 0.2) is 44.1 Å². The van der Waals surface area contributed by atoms with Crippen LogP contribution in [-0.4, -0.2) is 21.9 Å². The predicted molar refractivity (Wildman–Crippen MR) is 92.3 cm³/mol. The minimum Gasteiger partial charge on any atom is -0.466 e. The van der Waals surface area contributed by atoms with E-state index in [4.69, 9.17) is 8.83 Å². The van der Waals surface area contributed by atoms with Crippen molar-refractivity contribution in [1.82, 2.24) is 10.2 Å². The van der Waals surface area contributed by atoms with E-state index >= 15 is 0 Å². The van der Waals surface area contributed by atoms with E-state index in [9.17, 15) is 4.79 Å². The van der Waals surface area contributed by atoms with Gasteiger partial charge in [0.2, 0.25) is 0 Å². The van der Waals surface area contributed by atoms with Gasteiger partial charge in [-0.2, -0.15) is 0 Å². The fourth-order valence-corrected chi connectivity index (χ4v) is 2.93. The number of furan rings is 1. The van der Waals surface area contributed by atoms with Crippen LogP contribution in [0.2, 0.25) is 0 Å². The fourth-order valence-electron chi connectivity index (χ4n) is 2.26. The summed E-state index contributed by atoms with van der Waals surface area (Å²) in [6.45, 7) is 5.75. The molecule has 1 aromatic carbocycles. The van der Waals surface area contributed by atoms with Crippen molar-refractivity contribution in [3.8, 4) is 11.5 Å². The molecule has 0 spiro atoms. The van der Waals surface area contributed by atoms with E-state index in [0.717, 1.165) is 22.0 Å². The molecule has 1 amide bonds. The van der Waals surface area contributed by atoms with Gasteiger partial charge in [-0.15, -0.1) is 16.9 Å². The molecule has 0 unspecified atom stereocenters. The number of rotatable bonds is 5. The Morgan fingerprint density at radius 2 is 1.92 bits per heavy atom. The third-order valence-corrected chi connectivity index (χ3v) is 4.24. The average Bonchev–Trinajstić information content (AvgIpc) is 3.14. The molecule has 0 atom stereocenters. The van der Waals surface area contributed by atoms with Gasteiger partial charge in [-0.1, -0.05) is 12.0 Å². The maximum atomic E-state index is 12.2. The minimum atomic E-state index is -0.293. The Hall–Kier alpha value is -2.54. The molecule has 0 aliphatic carbocycles. The molecule has 0 radical (unpaired) electrons.